The molecule has 0 spiro atoms. The molecule has 0 aromatic carbocycles. The minimum absolute atomic E-state index is 0.108. The van der Waals surface area contributed by atoms with Crippen LogP contribution in [-0.4, -0.2) is 47.8 Å². The Labute approximate surface area is 99.2 Å². The molecule has 3 atom stereocenters. The van der Waals surface area contributed by atoms with Gasteiger partial charge in [0.1, 0.15) is 0 Å². The zero-order chi connectivity index (χ0) is 11.4. The van der Waals surface area contributed by atoms with Crippen molar-refractivity contribution in [1.29, 1.82) is 0 Å². The SMILES string of the molecule is CC(CN1CCCCC1)N[C@@H]1CCC[C@H]1O. The van der Waals surface area contributed by atoms with Crippen molar-refractivity contribution in [2.24, 2.45) is 0 Å². The van der Waals surface area contributed by atoms with Crippen molar-refractivity contribution >= 4 is 0 Å². The number of nitrogens with one attached hydrogen (secondary N) is 1. The molecule has 0 radical (unpaired) electrons. The van der Waals surface area contributed by atoms with Gasteiger partial charge >= 0.3 is 0 Å². The maximum Gasteiger partial charge on any atom is 0.0693 e. The van der Waals surface area contributed by atoms with Crippen LogP contribution in [0.1, 0.15) is 45.4 Å². The maximum atomic E-state index is 9.77. The number of aliphatic hydroxyl groups is 1. The summed E-state index contributed by atoms with van der Waals surface area (Å²) in [4.78, 5) is 2.56. The molecule has 0 aromatic rings. The van der Waals surface area contributed by atoms with Gasteiger partial charge in [0.2, 0.25) is 0 Å². The molecule has 1 aliphatic carbocycles. The highest BCUT2D eigenvalue weighted by atomic mass is 16.3. The Bertz CT molecular complexity index is 204. The zero-order valence-electron chi connectivity index (χ0n) is 10.5. The van der Waals surface area contributed by atoms with Gasteiger partial charge in [-0.15, -0.1) is 0 Å². The summed E-state index contributed by atoms with van der Waals surface area (Å²) in [5.74, 6) is 0. The van der Waals surface area contributed by atoms with Gasteiger partial charge in [0.25, 0.3) is 0 Å². The minimum atomic E-state index is -0.108. The van der Waals surface area contributed by atoms with Crippen LogP contribution in [0.5, 0.6) is 0 Å². The molecule has 1 aliphatic heterocycles. The Kier molecular flexibility index (Phi) is 4.62. The number of hydrogen-bond donors (Lipinski definition) is 2. The summed E-state index contributed by atoms with van der Waals surface area (Å²) in [5.41, 5.74) is 0. The van der Waals surface area contributed by atoms with Crippen LogP contribution in [0.25, 0.3) is 0 Å². The molecule has 1 unspecified atom stereocenters. The van der Waals surface area contributed by atoms with Crippen molar-refractivity contribution in [1.82, 2.24) is 10.2 Å². The third kappa shape index (κ3) is 3.44. The molecule has 0 aromatic heterocycles. The van der Waals surface area contributed by atoms with Crippen molar-refractivity contribution in [2.45, 2.75) is 63.6 Å². The van der Waals surface area contributed by atoms with E-state index in [0.29, 0.717) is 12.1 Å². The van der Waals surface area contributed by atoms with E-state index in [9.17, 15) is 5.11 Å². The van der Waals surface area contributed by atoms with Gasteiger partial charge in [0.05, 0.1) is 6.10 Å². The van der Waals surface area contributed by atoms with Gasteiger partial charge in [-0.05, 0) is 52.1 Å². The molecular formula is C13H26N2O. The van der Waals surface area contributed by atoms with Crippen LogP contribution in [0.3, 0.4) is 0 Å². The maximum absolute atomic E-state index is 9.77. The molecule has 2 aliphatic rings. The average Bonchev–Trinajstić information content (AvgIpc) is 2.66. The molecule has 1 heterocycles. The fourth-order valence-electron chi connectivity index (χ4n) is 3.08. The van der Waals surface area contributed by atoms with E-state index in [-0.39, 0.29) is 6.10 Å². The van der Waals surface area contributed by atoms with Gasteiger partial charge in [0, 0.05) is 18.6 Å². The lowest BCUT2D eigenvalue weighted by molar-refractivity contribution is 0.134. The Morgan fingerprint density at radius 1 is 1.19 bits per heavy atom. The Morgan fingerprint density at radius 2 is 1.94 bits per heavy atom. The molecule has 3 nitrogen and oxygen atoms in total. The van der Waals surface area contributed by atoms with Crippen LogP contribution in [-0.2, 0) is 0 Å². The summed E-state index contributed by atoms with van der Waals surface area (Å²) >= 11 is 0. The first-order chi connectivity index (χ1) is 7.75. The van der Waals surface area contributed by atoms with Crippen molar-refractivity contribution < 1.29 is 5.11 Å². The first kappa shape index (κ1) is 12.3. The zero-order valence-corrected chi connectivity index (χ0v) is 10.5. The number of aliphatic hydroxyl groups excluding tert-OH is 1. The lowest BCUT2D eigenvalue weighted by atomic mass is 10.1. The van der Waals surface area contributed by atoms with Crippen molar-refractivity contribution in [3.05, 3.63) is 0 Å². The number of hydrogen-bond acceptors (Lipinski definition) is 3. The Morgan fingerprint density at radius 3 is 2.56 bits per heavy atom. The average molecular weight is 226 g/mol. The monoisotopic (exact) mass is 226 g/mol. The van der Waals surface area contributed by atoms with E-state index in [1.54, 1.807) is 0 Å². The quantitative estimate of drug-likeness (QED) is 0.760. The Hall–Kier alpha value is -0.120. The van der Waals surface area contributed by atoms with E-state index in [1.807, 2.05) is 0 Å². The molecule has 0 amide bonds. The van der Waals surface area contributed by atoms with Crippen LogP contribution in [0.2, 0.25) is 0 Å². The summed E-state index contributed by atoms with van der Waals surface area (Å²) in [6, 6.07) is 0.857. The number of rotatable bonds is 4. The van der Waals surface area contributed by atoms with E-state index < -0.39 is 0 Å². The highest BCUT2D eigenvalue weighted by Gasteiger charge is 2.26. The second-order valence-corrected chi connectivity index (χ2v) is 5.53. The molecule has 3 heteroatoms. The van der Waals surface area contributed by atoms with Gasteiger partial charge in [0.15, 0.2) is 0 Å². The van der Waals surface area contributed by atoms with Crippen LogP contribution >= 0.6 is 0 Å². The predicted octanol–water partition coefficient (Wildman–Crippen LogP) is 1.36. The molecule has 2 rings (SSSR count). The van der Waals surface area contributed by atoms with Crippen LogP contribution in [0.15, 0.2) is 0 Å². The van der Waals surface area contributed by atoms with Crippen LogP contribution < -0.4 is 5.32 Å². The fourth-order valence-corrected chi connectivity index (χ4v) is 3.08. The van der Waals surface area contributed by atoms with E-state index >= 15 is 0 Å². The molecule has 94 valence electrons. The minimum Gasteiger partial charge on any atom is -0.392 e. The summed E-state index contributed by atoms with van der Waals surface area (Å²) in [6.45, 7) is 5.92. The first-order valence-corrected chi connectivity index (χ1v) is 6.92. The topological polar surface area (TPSA) is 35.5 Å². The molecular weight excluding hydrogens is 200 g/mol. The molecule has 2 fully saturated rings. The lowest BCUT2D eigenvalue weighted by Crippen LogP contribution is -2.47. The number of likely N-dealkylation sites (tertiary alicyclic amines) is 1. The summed E-state index contributed by atoms with van der Waals surface area (Å²) in [5, 5.41) is 13.4. The van der Waals surface area contributed by atoms with Gasteiger partial charge in [-0.3, -0.25) is 0 Å². The second-order valence-electron chi connectivity index (χ2n) is 5.53. The van der Waals surface area contributed by atoms with Crippen LogP contribution in [0, 0.1) is 0 Å². The predicted molar refractivity (Wildman–Crippen MR) is 66.5 cm³/mol. The molecule has 0 bridgehead atoms. The largest absolute Gasteiger partial charge is 0.392 e. The molecule has 2 N–H and O–H groups in total. The van der Waals surface area contributed by atoms with Gasteiger partial charge in [-0.2, -0.15) is 0 Å². The van der Waals surface area contributed by atoms with Gasteiger partial charge in [-0.1, -0.05) is 6.42 Å². The smallest absolute Gasteiger partial charge is 0.0693 e. The second kappa shape index (κ2) is 5.99. The van der Waals surface area contributed by atoms with Gasteiger partial charge < -0.3 is 15.3 Å². The standard InChI is InChI=1S/C13H26N2O/c1-11(10-15-8-3-2-4-9-15)14-12-6-5-7-13(12)16/h11-14,16H,2-10H2,1H3/t11?,12-,13-/m1/s1. The molecule has 16 heavy (non-hydrogen) atoms. The van der Waals surface area contributed by atoms with Crippen molar-refractivity contribution in [3.8, 4) is 0 Å². The highest BCUT2D eigenvalue weighted by molar-refractivity contribution is 4.85. The molecule has 1 saturated carbocycles. The normalized spacial score (nSPS) is 34.1. The van der Waals surface area contributed by atoms with Crippen LogP contribution in [0.4, 0.5) is 0 Å². The number of nitrogens with zero attached hydrogens (tertiary/aromatic N) is 1. The van der Waals surface area contributed by atoms with Crippen molar-refractivity contribution in [2.75, 3.05) is 19.6 Å². The summed E-state index contributed by atoms with van der Waals surface area (Å²) in [6.07, 6.45) is 7.32. The van der Waals surface area contributed by atoms with Gasteiger partial charge in [-0.25, -0.2) is 0 Å². The lowest BCUT2D eigenvalue weighted by Gasteiger charge is -2.31. The van der Waals surface area contributed by atoms with E-state index in [0.717, 1.165) is 19.4 Å². The van der Waals surface area contributed by atoms with E-state index in [2.05, 4.69) is 17.1 Å². The Balaban J connectivity index is 1.68. The number of piperidine rings is 1. The first-order valence-electron chi connectivity index (χ1n) is 6.92. The van der Waals surface area contributed by atoms with E-state index in [4.69, 9.17) is 0 Å². The third-order valence-electron chi connectivity index (χ3n) is 3.96. The summed E-state index contributed by atoms with van der Waals surface area (Å²) in [7, 11) is 0. The van der Waals surface area contributed by atoms with Crippen molar-refractivity contribution in [3.63, 3.8) is 0 Å². The molecule has 1 saturated heterocycles. The third-order valence-corrected chi connectivity index (χ3v) is 3.96. The van der Waals surface area contributed by atoms with E-state index in [1.165, 1.54) is 38.8 Å². The fraction of sp³-hybridized carbons (Fsp3) is 1.00. The summed E-state index contributed by atoms with van der Waals surface area (Å²) < 4.78 is 0. The highest BCUT2D eigenvalue weighted by Crippen LogP contribution is 2.19.